The maximum Gasteiger partial charge on any atom is 0.328 e. The van der Waals surface area contributed by atoms with Crippen LogP contribution in [-0.2, 0) is 9.59 Å². The van der Waals surface area contributed by atoms with Crippen molar-refractivity contribution < 1.29 is 24.5 Å². The van der Waals surface area contributed by atoms with Gasteiger partial charge in [-0.3, -0.25) is 0 Å². The predicted octanol–water partition coefficient (Wildman–Crippen LogP) is 1.71. The third-order valence-corrected chi connectivity index (χ3v) is 3.16. The molecule has 0 aliphatic heterocycles. The van der Waals surface area contributed by atoms with Crippen molar-refractivity contribution in [2.24, 2.45) is 0 Å². The summed E-state index contributed by atoms with van der Waals surface area (Å²) in [4.78, 5) is 21.5. The normalized spacial score (nSPS) is 10.4. The van der Waals surface area contributed by atoms with Crippen LogP contribution < -0.4 is 10.1 Å². The number of ether oxygens (including phenoxy) is 1. The van der Waals surface area contributed by atoms with Gasteiger partial charge in [-0.1, -0.05) is 32.0 Å². The molecular formula is C18H28N2O5. The van der Waals surface area contributed by atoms with Crippen molar-refractivity contribution >= 4 is 11.9 Å². The molecule has 0 fully saturated rings. The highest BCUT2D eigenvalue weighted by atomic mass is 16.5. The van der Waals surface area contributed by atoms with Gasteiger partial charge >= 0.3 is 11.9 Å². The molecule has 1 aromatic carbocycles. The minimum absolute atomic E-state index is 0.558. The Balaban J connectivity index is 0.000000609. The number of aliphatic carboxylic acids is 2. The molecule has 7 heteroatoms. The van der Waals surface area contributed by atoms with Crippen LogP contribution >= 0.6 is 0 Å². The molecule has 3 N–H and O–H groups in total. The lowest BCUT2D eigenvalue weighted by molar-refractivity contribution is -0.134. The summed E-state index contributed by atoms with van der Waals surface area (Å²) in [5, 5.41) is 19.0. The number of rotatable bonds is 11. The smallest absolute Gasteiger partial charge is 0.328 e. The van der Waals surface area contributed by atoms with Crippen LogP contribution in [0.15, 0.2) is 42.5 Å². The molecule has 1 rings (SSSR count). The number of carboxylic acids is 2. The molecule has 0 saturated heterocycles. The van der Waals surface area contributed by atoms with Crippen molar-refractivity contribution in [3.8, 4) is 5.75 Å². The molecule has 0 atom stereocenters. The van der Waals surface area contributed by atoms with Gasteiger partial charge in [-0.15, -0.1) is 0 Å². The lowest BCUT2D eigenvalue weighted by Crippen LogP contribution is -2.33. The summed E-state index contributed by atoms with van der Waals surface area (Å²) < 4.78 is 5.59. The van der Waals surface area contributed by atoms with Gasteiger partial charge in [-0.25, -0.2) is 9.59 Å². The van der Waals surface area contributed by atoms with Gasteiger partial charge in [0, 0.05) is 31.8 Å². The first-order chi connectivity index (χ1) is 12.0. The van der Waals surface area contributed by atoms with E-state index in [1.165, 1.54) is 0 Å². The van der Waals surface area contributed by atoms with Gasteiger partial charge < -0.3 is 25.2 Å². The van der Waals surface area contributed by atoms with Gasteiger partial charge in [0.15, 0.2) is 0 Å². The van der Waals surface area contributed by atoms with Crippen LogP contribution in [0.5, 0.6) is 5.75 Å². The Bertz CT molecular complexity index is 485. The fraction of sp³-hybridized carbons (Fsp3) is 0.444. The Labute approximate surface area is 148 Å². The van der Waals surface area contributed by atoms with E-state index in [1.807, 2.05) is 30.3 Å². The topological polar surface area (TPSA) is 99.1 Å². The van der Waals surface area contributed by atoms with Crippen molar-refractivity contribution in [3.05, 3.63) is 42.5 Å². The first kappa shape index (κ1) is 22.6. The Kier molecular flexibility index (Phi) is 13.7. The fourth-order valence-electron chi connectivity index (χ4n) is 1.80. The van der Waals surface area contributed by atoms with Gasteiger partial charge in [-0.05, 0) is 25.2 Å². The van der Waals surface area contributed by atoms with Crippen molar-refractivity contribution in [1.82, 2.24) is 10.2 Å². The van der Waals surface area contributed by atoms with E-state index < -0.39 is 11.9 Å². The molecule has 0 spiro atoms. The Hall–Kier alpha value is -2.38. The van der Waals surface area contributed by atoms with E-state index in [1.54, 1.807) is 0 Å². The number of carbonyl (C=O) groups is 2. The molecule has 0 aliphatic rings. The molecule has 140 valence electrons. The van der Waals surface area contributed by atoms with Crippen LogP contribution in [0.2, 0.25) is 0 Å². The molecule has 0 unspecified atom stereocenters. The van der Waals surface area contributed by atoms with Crippen molar-refractivity contribution in [3.63, 3.8) is 0 Å². The molecule has 0 aromatic heterocycles. The second kappa shape index (κ2) is 15.2. The standard InChI is InChI=1S/C14H24N2O.C4H4O4/c1-3-16(4-2)12-10-15-11-13-17-14-8-6-5-7-9-14;5-3(6)1-2-4(7)8/h5-9,15H,3-4,10-13H2,1-2H3;1-2H,(H,5,6)(H,7,8)/b;2-1-. The van der Waals surface area contributed by atoms with E-state index in [0.29, 0.717) is 12.2 Å². The van der Waals surface area contributed by atoms with E-state index in [9.17, 15) is 9.59 Å². The summed E-state index contributed by atoms with van der Waals surface area (Å²) >= 11 is 0. The molecule has 0 heterocycles. The summed E-state index contributed by atoms with van der Waals surface area (Å²) in [6, 6.07) is 9.94. The highest BCUT2D eigenvalue weighted by molar-refractivity contribution is 5.89. The van der Waals surface area contributed by atoms with Crippen molar-refractivity contribution in [2.45, 2.75) is 13.8 Å². The number of nitrogens with zero attached hydrogens (tertiary/aromatic N) is 1. The maximum atomic E-state index is 9.55. The second-order valence-electron chi connectivity index (χ2n) is 4.95. The van der Waals surface area contributed by atoms with Gasteiger partial charge in [0.05, 0.1) is 0 Å². The number of nitrogens with one attached hydrogen (secondary N) is 1. The predicted molar refractivity (Wildman–Crippen MR) is 97.0 cm³/mol. The molecule has 0 aliphatic carbocycles. The lowest BCUT2D eigenvalue weighted by Gasteiger charge is -2.18. The van der Waals surface area contributed by atoms with Crippen LogP contribution in [0.4, 0.5) is 0 Å². The van der Waals surface area contributed by atoms with Gasteiger partial charge in [0.1, 0.15) is 12.4 Å². The van der Waals surface area contributed by atoms with E-state index in [2.05, 4.69) is 24.1 Å². The summed E-state index contributed by atoms with van der Waals surface area (Å²) in [6.07, 6.45) is 1.12. The summed E-state index contributed by atoms with van der Waals surface area (Å²) in [5.74, 6) is -1.57. The Morgan fingerprint density at radius 1 is 1.04 bits per heavy atom. The number of benzene rings is 1. The lowest BCUT2D eigenvalue weighted by atomic mass is 10.3. The highest BCUT2D eigenvalue weighted by Crippen LogP contribution is 2.07. The van der Waals surface area contributed by atoms with Crippen molar-refractivity contribution in [1.29, 1.82) is 0 Å². The fourth-order valence-corrected chi connectivity index (χ4v) is 1.80. The number of hydrogen-bond donors (Lipinski definition) is 3. The van der Waals surface area contributed by atoms with Crippen LogP contribution in [0.1, 0.15) is 13.8 Å². The zero-order valence-electron chi connectivity index (χ0n) is 14.9. The number of likely N-dealkylation sites (N-methyl/N-ethyl adjacent to an activating group) is 1. The maximum absolute atomic E-state index is 9.55. The molecule has 7 nitrogen and oxygen atoms in total. The minimum Gasteiger partial charge on any atom is -0.492 e. The number of carboxylic acid groups (broad SMARTS) is 2. The van der Waals surface area contributed by atoms with Gasteiger partial charge in [0.2, 0.25) is 0 Å². The zero-order chi connectivity index (χ0) is 18.9. The molecule has 1 aromatic rings. The first-order valence-electron chi connectivity index (χ1n) is 8.24. The SMILES string of the molecule is CCN(CC)CCNCCOc1ccccc1.O=C(O)/C=C\C(=O)O. The number of hydrogen-bond acceptors (Lipinski definition) is 5. The average Bonchev–Trinajstić information content (AvgIpc) is 2.61. The third-order valence-electron chi connectivity index (χ3n) is 3.16. The monoisotopic (exact) mass is 352 g/mol. The molecule has 0 radical (unpaired) electrons. The van der Waals surface area contributed by atoms with E-state index in [0.717, 1.165) is 45.1 Å². The summed E-state index contributed by atoms with van der Waals surface area (Å²) in [5.41, 5.74) is 0. The van der Waals surface area contributed by atoms with Crippen molar-refractivity contribution in [2.75, 3.05) is 39.3 Å². The van der Waals surface area contributed by atoms with E-state index >= 15 is 0 Å². The molecule has 0 saturated carbocycles. The largest absolute Gasteiger partial charge is 0.492 e. The van der Waals surface area contributed by atoms with Crippen LogP contribution in [0, 0.1) is 0 Å². The number of para-hydroxylation sites is 1. The van der Waals surface area contributed by atoms with Crippen LogP contribution in [-0.4, -0.2) is 66.4 Å². The molecular weight excluding hydrogens is 324 g/mol. The van der Waals surface area contributed by atoms with Crippen LogP contribution in [0.3, 0.4) is 0 Å². The first-order valence-corrected chi connectivity index (χ1v) is 8.24. The van der Waals surface area contributed by atoms with Crippen LogP contribution in [0.25, 0.3) is 0 Å². The second-order valence-corrected chi connectivity index (χ2v) is 4.95. The highest BCUT2D eigenvalue weighted by Gasteiger charge is 1.97. The zero-order valence-corrected chi connectivity index (χ0v) is 14.9. The Morgan fingerprint density at radius 2 is 1.60 bits per heavy atom. The summed E-state index contributed by atoms with van der Waals surface area (Å²) in [7, 11) is 0. The third kappa shape index (κ3) is 14.9. The molecule has 0 bridgehead atoms. The average molecular weight is 352 g/mol. The summed E-state index contributed by atoms with van der Waals surface area (Å²) in [6.45, 7) is 10.4. The minimum atomic E-state index is -1.26. The van der Waals surface area contributed by atoms with E-state index in [4.69, 9.17) is 14.9 Å². The molecule has 0 amide bonds. The Morgan fingerprint density at radius 3 is 2.08 bits per heavy atom. The van der Waals surface area contributed by atoms with Gasteiger partial charge in [-0.2, -0.15) is 0 Å². The van der Waals surface area contributed by atoms with Gasteiger partial charge in [0.25, 0.3) is 0 Å². The quantitative estimate of drug-likeness (QED) is 0.412. The molecule has 25 heavy (non-hydrogen) atoms. The van der Waals surface area contributed by atoms with E-state index in [-0.39, 0.29) is 0 Å².